The van der Waals surface area contributed by atoms with Gasteiger partial charge in [0.25, 0.3) is 0 Å². The van der Waals surface area contributed by atoms with Gasteiger partial charge in [-0.15, -0.1) is 0 Å². The molecule has 0 aliphatic heterocycles. The molecule has 0 radical (unpaired) electrons. The maximum atomic E-state index is 11.0. The van der Waals surface area contributed by atoms with E-state index >= 15 is 0 Å². The molecule has 2 N–H and O–H groups in total. The minimum Gasteiger partial charge on any atom is -0.369 e. The lowest BCUT2D eigenvalue weighted by molar-refractivity contribution is -0.481. The summed E-state index contributed by atoms with van der Waals surface area (Å²) in [6.45, 7) is -0.503. The molecule has 80 valence electrons. The second kappa shape index (κ2) is 4.75. The molecule has 0 bridgehead atoms. The highest BCUT2D eigenvalue weighted by Gasteiger charge is 2.23. The van der Waals surface area contributed by atoms with Crippen LogP contribution in [0.4, 0.5) is 0 Å². The molecule has 1 amide bonds. The van der Waals surface area contributed by atoms with Crippen molar-refractivity contribution in [1.29, 1.82) is 0 Å². The molecule has 0 aliphatic carbocycles. The largest absolute Gasteiger partial charge is 0.369 e. The number of carbonyl (C=O) groups is 1. The highest BCUT2D eigenvalue weighted by atomic mass is 35.5. The highest BCUT2D eigenvalue weighted by molar-refractivity contribution is 6.30. The van der Waals surface area contributed by atoms with Crippen LogP contribution in [0.1, 0.15) is 11.5 Å². The van der Waals surface area contributed by atoms with Crippen molar-refractivity contribution in [2.45, 2.75) is 5.92 Å². The molecule has 0 saturated carbocycles. The monoisotopic (exact) mass is 228 g/mol. The zero-order valence-electron chi connectivity index (χ0n) is 7.72. The van der Waals surface area contributed by atoms with Crippen LogP contribution < -0.4 is 5.73 Å². The quantitative estimate of drug-likeness (QED) is 0.620. The third-order valence-electron chi connectivity index (χ3n) is 1.95. The van der Waals surface area contributed by atoms with Gasteiger partial charge < -0.3 is 5.73 Å². The predicted octanol–water partition coefficient (Wildman–Crippen LogP) is 1.19. The number of nitrogens with zero attached hydrogens (tertiary/aromatic N) is 1. The van der Waals surface area contributed by atoms with Crippen molar-refractivity contribution in [3.63, 3.8) is 0 Å². The molecule has 1 aromatic rings. The van der Waals surface area contributed by atoms with Gasteiger partial charge in [0.2, 0.25) is 12.5 Å². The van der Waals surface area contributed by atoms with Gasteiger partial charge in [-0.3, -0.25) is 14.9 Å². The highest BCUT2D eigenvalue weighted by Crippen LogP contribution is 2.18. The number of hydrogen-bond donors (Lipinski definition) is 1. The Morgan fingerprint density at radius 2 is 2.00 bits per heavy atom. The molecule has 0 aliphatic rings. The topological polar surface area (TPSA) is 86.2 Å². The van der Waals surface area contributed by atoms with E-state index < -0.39 is 23.3 Å². The van der Waals surface area contributed by atoms with Gasteiger partial charge >= 0.3 is 0 Å². The summed E-state index contributed by atoms with van der Waals surface area (Å²) >= 11 is 5.65. The van der Waals surface area contributed by atoms with Gasteiger partial charge in [-0.1, -0.05) is 23.7 Å². The molecule has 0 spiro atoms. The summed E-state index contributed by atoms with van der Waals surface area (Å²) in [7, 11) is 0. The van der Waals surface area contributed by atoms with Gasteiger partial charge in [-0.25, -0.2) is 0 Å². The van der Waals surface area contributed by atoms with E-state index in [0.717, 1.165) is 0 Å². The van der Waals surface area contributed by atoms with Crippen molar-refractivity contribution >= 4 is 17.5 Å². The molecular formula is C9H9ClN2O3. The number of halogens is 1. The van der Waals surface area contributed by atoms with Crippen LogP contribution in [0.2, 0.25) is 5.02 Å². The first kappa shape index (κ1) is 11.5. The van der Waals surface area contributed by atoms with E-state index in [0.29, 0.717) is 10.6 Å². The summed E-state index contributed by atoms with van der Waals surface area (Å²) < 4.78 is 0. The number of carbonyl (C=O) groups excluding carboxylic acids is 1. The van der Waals surface area contributed by atoms with Crippen LogP contribution in [0.15, 0.2) is 24.3 Å². The molecule has 0 aromatic heterocycles. The number of rotatable bonds is 4. The van der Waals surface area contributed by atoms with Crippen molar-refractivity contribution in [3.8, 4) is 0 Å². The van der Waals surface area contributed by atoms with Crippen LogP contribution in [0.3, 0.4) is 0 Å². The smallest absolute Gasteiger partial charge is 0.231 e. The van der Waals surface area contributed by atoms with Gasteiger partial charge in [-0.05, 0) is 17.7 Å². The molecule has 1 rings (SSSR count). The van der Waals surface area contributed by atoms with Gasteiger partial charge in [0.15, 0.2) is 0 Å². The Labute approximate surface area is 91.0 Å². The molecule has 6 heteroatoms. The second-order valence-electron chi connectivity index (χ2n) is 3.02. The molecule has 0 saturated heterocycles. The van der Waals surface area contributed by atoms with Gasteiger partial charge in [0, 0.05) is 9.95 Å². The maximum Gasteiger partial charge on any atom is 0.231 e. The summed E-state index contributed by atoms with van der Waals surface area (Å²) in [5.41, 5.74) is 5.58. The average Bonchev–Trinajstić information content (AvgIpc) is 2.15. The first-order valence-corrected chi connectivity index (χ1v) is 4.55. The molecule has 0 heterocycles. The maximum absolute atomic E-state index is 11.0. The van der Waals surface area contributed by atoms with E-state index in [1.54, 1.807) is 24.3 Å². The molecule has 1 atom stereocenters. The van der Waals surface area contributed by atoms with Crippen molar-refractivity contribution in [3.05, 3.63) is 45.0 Å². The SMILES string of the molecule is NC(=O)C(C[N+](=O)[O-])c1ccc(Cl)cc1. The Morgan fingerprint density at radius 1 is 1.47 bits per heavy atom. The predicted molar refractivity (Wildman–Crippen MR) is 55.2 cm³/mol. The summed E-state index contributed by atoms with van der Waals surface area (Å²) in [5, 5.41) is 10.8. The summed E-state index contributed by atoms with van der Waals surface area (Å²) in [5.74, 6) is -1.62. The average molecular weight is 229 g/mol. The standard InChI is InChI=1S/C9H9ClN2O3/c10-7-3-1-6(2-4-7)8(9(11)13)5-12(14)15/h1-4,8H,5H2,(H2,11,13). The number of nitrogens with two attached hydrogens (primary N) is 1. The van der Waals surface area contributed by atoms with Crippen LogP contribution in [0.25, 0.3) is 0 Å². The number of primary amides is 1. The van der Waals surface area contributed by atoms with Crippen molar-refractivity contribution in [1.82, 2.24) is 0 Å². The third kappa shape index (κ3) is 3.21. The Morgan fingerprint density at radius 3 is 2.40 bits per heavy atom. The van der Waals surface area contributed by atoms with Gasteiger partial charge in [-0.2, -0.15) is 0 Å². The van der Waals surface area contributed by atoms with E-state index in [4.69, 9.17) is 17.3 Å². The fourth-order valence-corrected chi connectivity index (χ4v) is 1.33. The Kier molecular flexibility index (Phi) is 3.62. The normalized spacial score (nSPS) is 12.1. The van der Waals surface area contributed by atoms with Crippen LogP contribution in [-0.2, 0) is 4.79 Å². The molecule has 5 nitrogen and oxygen atoms in total. The van der Waals surface area contributed by atoms with Crippen molar-refractivity contribution in [2.75, 3.05) is 6.54 Å². The number of nitro groups is 1. The van der Waals surface area contributed by atoms with E-state index in [2.05, 4.69) is 0 Å². The van der Waals surface area contributed by atoms with Crippen LogP contribution in [0, 0.1) is 10.1 Å². The lowest BCUT2D eigenvalue weighted by atomic mass is 9.99. The Hall–Kier alpha value is -1.62. The van der Waals surface area contributed by atoms with Crippen molar-refractivity contribution < 1.29 is 9.72 Å². The van der Waals surface area contributed by atoms with Crippen molar-refractivity contribution in [2.24, 2.45) is 5.73 Å². The molecule has 15 heavy (non-hydrogen) atoms. The van der Waals surface area contributed by atoms with Crippen LogP contribution in [-0.4, -0.2) is 17.4 Å². The van der Waals surface area contributed by atoms with E-state index in [1.165, 1.54) is 0 Å². The lowest BCUT2D eigenvalue weighted by Gasteiger charge is -2.08. The third-order valence-corrected chi connectivity index (χ3v) is 2.20. The minimum atomic E-state index is -0.905. The first-order chi connectivity index (χ1) is 7.00. The molecule has 1 unspecified atom stereocenters. The van der Waals surface area contributed by atoms with E-state index in [-0.39, 0.29) is 0 Å². The second-order valence-corrected chi connectivity index (χ2v) is 3.46. The van der Waals surface area contributed by atoms with Gasteiger partial charge in [0.05, 0.1) is 0 Å². The number of amides is 1. The fraction of sp³-hybridized carbons (Fsp3) is 0.222. The molecule has 0 fully saturated rings. The Bertz CT molecular complexity index is 377. The summed E-state index contributed by atoms with van der Waals surface area (Å²) in [6.07, 6.45) is 0. The zero-order chi connectivity index (χ0) is 11.4. The van der Waals surface area contributed by atoms with E-state index in [9.17, 15) is 14.9 Å². The van der Waals surface area contributed by atoms with E-state index in [1.807, 2.05) is 0 Å². The minimum absolute atomic E-state index is 0.503. The first-order valence-electron chi connectivity index (χ1n) is 4.17. The van der Waals surface area contributed by atoms with Crippen LogP contribution in [0.5, 0.6) is 0 Å². The number of hydrogen-bond acceptors (Lipinski definition) is 3. The molecular weight excluding hydrogens is 220 g/mol. The summed E-state index contributed by atoms with van der Waals surface area (Å²) in [6, 6.07) is 6.24. The Balaban J connectivity index is 2.94. The molecule has 1 aromatic carbocycles. The fourth-order valence-electron chi connectivity index (χ4n) is 1.20. The van der Waals surface area contributed by atoms with Gasteiger partial charge in [0.1, 0.15) is 5.92 Å². The lowest BCUT2D eigenvalue weighted by Crippen LogP contribution is -2.27. The zero-order valence-corrected chi connectivity index (χ0v) is 8.48. The van der Waals surface area contributed by atoms with Crippen LogP contribution >= 0.6 is 11.6 Å². The number of benzene rings is 1. The summed E-state index contributed by atoms with van der Waals surface area (Å²) in [4.78, 5) is 20.8.